The minimum Gasteiger partial charge on any atom is -0.494 e. The van der Waals surface area contributed by atoms with Gasteiger partial charge in [0.05, 0.1) is 6.61 Å². The molecule has 0 aliphatic carbocycles. The number of likely N-dealkylation sites (tertiary alicyclic amines) is 1. The molecule has 1 atom stereocenters. The molecule has 2 N–H and O–H groups in total. The fraction of sp³-hybridized carbons (Fsp3) is 0.500. The molecule has 1 aliphatic heterocycles. The van der Waals surface area contributed by atoms with Crippen LogP contribution < -0.4 is 15.4 Å². The van der Waals surface area contributed by atoms with Gasteiger partial charge in [-0.05, 0) is 87.8 Å². The van der Waals surface area contributed by atoms with Crippen molar-refractivity contribution >= 4 is 17.6 Å². The van der Waals surface area contributed by atoms with E-state index < -0.39 is 0 Å². The van der Waals surface area contributed by atoms with Crippen molar-refractivity contribution in [3.63, 3.8) is 0 Å². The van der Waals surface area contributed by atoms with Crippen LogP contribution in [0.5, 0.6) is 5.75 Å². The zero-order valence-electron chi connectivity index (χ0n) is 21.4. The van der Waals surface area contributed by atoms with Crippen molar-refractivity contribution in [2.24, 2.45) is 0 Å². The number of rotatable bonds is 11. The number of carbonyl (C=O) groups excluding carboxylic acids is 2. The number of urea groups is 1. The van der Waals surface area contributed by atoms with Crippen molar-refractivity contribution in [1.82, 2.24) is 15.1 Å². The number of hydrogen-bond acceptors (Lipinski definition) is 4. The standard InChI is InChI=1S/C28H40N4O3/c1-4-31(5-2)18-9-17-29-27(33)23-11-7-10-22(20-23)24-12-8-19-32(21-24)28(34)30-25-13-15-26(16-14-25)35-6-3/h7,10-11,13-16,20,24H,4-6,8-9,12,17-19,21H2,1-3H3,(H,29,33)(H,30,34). The van der Waals surface area contributed by atoms with Gasteiger partial charge in [-0.1, -0.05) is 26.0 Å². The van der Waals surface area contributed by atoms with E-state index in [0.29, 0.717) is 25.3 Å². The van der Waals surface area contributed by atoms with E-state index in [1.54, 1.807) is 0 Å². The van der Waals surface area contributed by atoms with Crippen LogP contribution in [0.15, 0.2) is 48.5 Å². The fourth-order valence-corrected chi connectivity index (χ4v) is 4.52. The number of carbonyl (C=O) groups is 2. The minimum absolute atomic E-state index is 0.0349. The molecule has 2 aromatic rings. The lowest BCUT2D eigenvalue weighted by molar-refractivity contribution is 0.0951. The second-order valence-corrected chi connectivity index (χ2v) is 8.93. The van der Waals surface area contributed by atoms with Crippen molar-refractivity contribution < 1.29 is 14.3 Å². The van der Waals surface area contributed by atoms with Gasteiger partial charge >= 0.3 is 6.03 Å². The Bertz CT molecular complexity index is 943. The molecule has 3 amide bonds. The van der Waals surface area contributed by atoms with Gasteiger partial charge in [0.1, 0.15) is 5.75 Å². The first-order valence-corrected chi connectivity index (χ1v) is 12.9. The molecule has 0 radical (unpaired) electrons. The van der Waals surface area contributed by atoms with Gasteiger partial charge in [-0.15, -0.1) is 0 Å². The number of ether oxygens (including phenoxy) is 1. The highest BCUT2D eigenvalue weighted by Crippen LogP contribution is 2.28. The Morgan fingerprint density at radius 3 is 2.57 bits per heavy atom. The number of amides is 3. The van der Waals surface area contributed by atoms with E-state index >= 15 is 0 Å². The highest BCUT2D eigenvalue weighted by molar-refractivity contribution is 5.94. The van der Waals surface area contributed by atoms with Crippen LogP contribution in [0.1, 0.15) is 61.9 Å². The van der Waals surface area contributed by atoms with E-state index in [0.717, 1.165) is 62.4 Å². The van der Waals surface area contributed by atoms with Gasteiger partial charge in [0, 0.05) is 36.8 Å². The van der Waals surface area contributed by atoms with Crippen molar-refractivity contribution in [3.05, 3.63) is 59.7 Å². The van der Waals surface area contributed by atoms with E-state index in [1.165, 1.54) is 0 Å². The molecule has 2 aromatic carbocycles. The Kier molecular flexibility index (Phi) is 10.4. The Morgan fingerprint density at radius 2 is 1.86 bits per heavy atom. The first kappa shape index (κ1) is 26.5. The predicted molar refractivity (Wildman–Crippen MR) is 141 cm³/mol. The maximum absolute atomic E-state index is 12.9. The van der Waals surface area contributed by atoms with Gasteiger partial charge in [0.25, 0.3) is 5.91 Å². The number of anilines is 1. The largest absolute Gasteiger partial charge is 0.494 e. The van der Waals surface area contributed by atoms with E-state index in [1.807, 2.05) is 54.3 Å². The van der Waals surface area contributed by atoms with Gasteiger partial charge in [-0.2, -0.15) is 0 Å². The number of hydrogen-bond donors (Lipinski definition) is 2. The van der Waals surface area contributed by atoms with E-state index in [9.17, 15) is 9.59 Å². The summed E-state index contributed by atoms with van der Waals surface area (Å²) in [5.74, 6) is 0.967. The third kappa shape index (κ3) is 7.99. The molecular formula is C28H40N4O3. The molecule has 1 heterocycles. The van der Waals surface area contributed by atoms with E-state index in [2.05, 4.69) is 35.4 Å². The predicted octanol–water partition coefficient (Wildman–Crippen LogP) is 4.96. The zero-order chi connectivity index (χ0) is 25.0. The summed E-state index contributed by atoms with van der Waals surface area (Å²) < 4.78 is 5.46. The van der Waals surface area contributed by atoms with Gasteiger partial charge in [0.2, 0.25) is 0 Å². The summed E-state index contributed by atoms with van der Waals surface area (Å²) in [6.45, 7) is 12.0. The highest BCUT2D eigenvalue weighted by atomic mass is 16.5. The monoisotopic (exact) mass is 480 g/mol. The summed E-state index contributed by atoms with van der Waals surface area (Å²) in [4.78, 5) is 29.8. The quantitative estimate of drug-likeness (QED) is 0.446. The van der Waals surface area contributed by atoms with Crippen molar-refractivity contribution in [2.45, 2.75) is 46.0 Å². The normalized spacial score (nSPS) is 15.7. The van der Waals surface area contributed by atoms with Crippen LogP contribution in [0, 0.1) is 0 Å². The third-order valence-electron chi connectivity index (χ3n) is 6.58. The first-order chi connectivity index (χ1) is 17.0. The van der Waals surface area contributed by atoms with E-state index in [-0.39, 0.29) is 17.9 Å². The second kappa shape index (κ2) is 13.7. The number of nitrogens with one attached hydrogen (secondary N) is 2. The average molecular weight is 481 g/mol. The third-order valence-corrected chi connectivity index (χ3v) is 6.58. The molecule has 35 heavy (non-hydrogen) atoms. The van der Waals surface area contributed by atoms with Crippen LogP contribution in [0.3, 0.4) is 0 Å². The van der Waals surface area contributed by atoms with Crippen LogP contribution in [0.4, 0.5) is 10.5 Å². The molecule has 0 bridgehead atoms. The first-order valence-electron chi connectivity index (χ1n) is 12.9. The maximum Gasteiger partial charge on any atom is 0.321 e. The van der Waals surface area contributed by atoms with Crippen molar-refractivity contribution in [1.29, 1.82) is 0 Å². The molecule has 7 nitrogen and oxygen atoms in total. The maximum atomic E-state index is 12.9. The molecule has 1 unspecified atom stereocenters. The second-order valence-electron chi connectivity index (χ2n) is 8.93. The summed E-state index contributed by atoms with van der Waals surface area (Å²) in [6, 6.07) is 15.2. The number of piperidine rings is 1. The van der Waals surface area contributed by atoms with E-state index in [4.69, 9.17) is 4.74 Å². The SMILES string of the molecule is CCOc1ccc(NC(=O)N2CCCC(c3cccc(C(=O)NCCCN(CC)CC)c3)C2)cc1. The van der Waals surface area contributed by atoms with Gasteiger partial charge in [-0.3, -0.25) is 4.79 Å². The fourth-order valence-electron chi connectivity index (χ4n) is 4.52. The van der Waals surface area contributed by atoms with Crippen LogP contribution in [0.25, 0.3) is 0 Å². The molecule has 190 valence electrons. The van der Waals surface area contributed by atoms with Crippen LogP contribution >= 0.6 is 0 Å². The molecule has 1 aliphatic rings. The van der Waals surface area contributed by atoms with Crippen molar-refractivity contribution in [3.8, 4) is 5.75 Å². The smallest absolute Gasteiger partial charge is 0.321 e. The Labute approximate surface area is 209 Å². The zero-order valence-corrected chi connectivity index (χ0v) is 21.4. The molecule has 0 aromatic heterocycles. The Balaban J connectivity index is 1.53. The highest BCUT2D eigenvalue weighted by Gasteiger charge is 2.25. The Hall–Kier alpha value is -3.06. The lowest BCUT2D eigenvalue weighted by atomic mass is 9.89. The molecular weight excluding hydrogens is 440 g/mol. The van der Waals surface area contributed by atoms with Crippen LogP contribution in [-0.4, -0.2) is 67.6 Å². The molecule has 7 heteroatoms. The number of benzene rings is 2. The summed E-state index contributed by atoms with van der Waals surface area (Å²) in [5, 5.41) is 6.04. The van der Waals surface area contributed by atoms with Crippen LogP contribution in [-0.2, 0) is 0 Å². The molecule has 3 rings (SSSR count). The van der Waals surface area contributed by atoms with Crippen LogP contribution in [0.2, 0.25) is 0 Å². The molecule has 1 saturated heterocycles. The van der Waals surface area contributed by atoms with Gasteiger partial charge in [-0.25, -0.2) is 4.79 Å². The molecule has 1 fully saturated rings. The minimum atomic E-state index is -0.0963. The summed E-state index contributed by atoms with van der Waals surface area (Å²) >= 11 is 0. The summed E-state index contributed by atoms with van der Waals surface area (Å²) in [5.41, 5.74) is 2.54. The lowest BCUT2D eigenvalue weighted by Gasteiger charge is -2.33. The average Bonchev–Trinajstić information content (AvgIpc) is 2.90. The van der Waals surface area contributed by atoms with Gasteiger partial charge < -0.3 is 25.2 Å². The Morgan fingerprint density at radius 1 is 1.09 bits per heavy atom. The summed E-state index contributed by atoms with van der Waals surface area (Å²) in [7, 11) is 0. The topological polar surface area (TPSA) is 73.9 Å². The molecule has 0 spiro atoms. The summed E-state index contributed by atoms with van der Waals surface area (Å²) in [6.07, 6.45) is 2.87. The van der Waals surface area contributed by atoms with Gasteiger partial charge in [0.15, 0.2) is 0 Å². The lowest BCUT2D eigenvalue weighted by Crippen LogP contribution is -2.41. The number of nitrogens with zero attached hydrogens (tertiary/aromatic N) is 2. The molecule has 0 saturated carbocycles. The van der Waals surface area contributed by atoms with Crippen molar-refractivity contribution in [2.75, 3.05) is 51.2 Å².